The topological polar surface area (TPSA) is 57.2 Å². The van der Waals surface area contributed by atoms with Crippen molar-refractivity contribution in [2.45, 2.75) is 44.8 Å². The average molecular weight is 353 g/mol. The van der Waals surface area contributed by atoms with E-state index in [-0.39, 0.29) is 5.56 Å². The number of hydrogen-bond acceptors (Lipinski definition) is 4. The molecule has 3 aliphatic heterocycles. The second-order valence-electron chi connectivity index (χ2n) is 8.26. The highest BCUT2D eigenvalue weighted by Gasteiger charge is 2.35. The summed E-state index contributed by atoms with van der Waals surface area (Å²) in [7, 11) is 0. The van der Waals surface area contributed by atoms with Crippen LogP contribution in [0, 0.1) is 5.92 Å². The summed E-state index contributed by atoms with van der Waals surface area (Å²) in [6.45, 7) is 6.98. The van der Waals surface area contributed by atoms with Gasteiger partial charge in [-0.05, 0) is 50.4 Å². The third kappa shape index (κ3) is 3.01. The van der Waals surface area contributed by atoms with Crippen molar-refractivity contribution >= 4 is 0 Å². The van der Waals surface area contributed by atoms with Crippen molar-refractivity contribution in [3.8, 4) is 0 Å². The summed E-state index contributed by atoms with van der Waals surface area (Å²) in [6.07, 6.45) is 5.56. The third-order valence-electron chi connectivity index (χ3n) is 6.30. The molecule has 0 unspecified atom stereocenters. The van der Waals surface area contributed by atoms with E-state index in [1.165, 1.54) is 30.7 Å². The predicted molar refractivity (Wildman–Crippen MR) is 99.9 cm³/mol. The number of pyridine rings is 1. The zero-order chi connectivity index (χ0) is 17.5. The van der Waals surface area contributed by atoms with Gasteiger partial charge in [0.1, 0.15) is 0 Å². The van der Waals surface area contributed by atoms with Crippen LogP contribution in [-0.4, -0.2) is 50.7 Å². The predicted octanol–water partition coefficient (Wildman–Crippen LogP) is 1.79. The molecule has 2 atom stereocenters. The van der Waals surface area contributed by atoms with Gasteiger partial charge >= 0.3 is 0 Å². The standard InChI is InChI=1S/C20H27N5O/c26-20-16(12-23-7-1-2-8-23)3-4-19-17-9-15(11-25(19)20)10-24(13-17)14-18-5-6-21-22-18/h3-6,15,17H,1-2,7-14H2,(H,21,22)/t15-,17+/m0/s1. The maximum atomic E-state index is 13.1. The molecule has 6 nitrogen and oxygen atoms in total. The fraction of sp³-hybridized carbons (Fsp3) is 0.600. The number of nitrogens with one attached hydrogen (secondary N) is 1. The van der Waals surface area contributed by atoms with Gasteiger partial charge in [0.2, 0.25) is 0 Å². The number of likely N-dealkylation sites (tertiary alicyclic amines) is 2. The Morgan fingerprint density at radius 2 is 1.92 bits per heavy atom. The lowest BCUT2D eigenvalue weighted by Gasteiger charge is -2.42. The number of nitrogens with zero attached hydrogens (tertiary/aromatic N) is 4. The molecule has 0 radical (unpaired) electrons. The smallest absolute Gasteiger partial charge is 0.255 e. The maximum Gasteiger partial charge on any atom is 0.255 e. The maximum absolute atomic E-state index is 13.1. The summed E-state index contributed by atoms with van der Waals surface area (Å²) in [5.41, 5.74) is 3.64. The van der Waals surface area contributed by atoms with Crippen LogP contribution in [0.15, 0.2) is 29.2 Å². The molecule has 0 saturated carbocycles. The number of hydrogen-bond donors (Lipinski definition) is 1. The van der Waals surface area contributed by atoms with Crippen LogP contribution in [0.1, 0.15) is 42.1 Å². The lowest BCUT2D eigenvalue weighted by atomic mass is 9.83. The van der Waals surface area contributed by atoms with Crippen LogP contribution in [0.2, 0.25) is 0 Å². The fourth-order valence-electron chi connectivity index (χ4n) is 5.13. The van der Waals surface area contributed by atoms with Crippen LogP contribution in [0.4, 0.5) is 0 Å². The Kier molecular flexibility index (Phi) is 4.17. The van der Waals surface area contributed by atoms with Crippen molar-refractivity contribution in [1.29, 1.82) is 0 Å². The highest BCUT2D eigenvalue weighted by Crippen LogP contribution is 2.35. The van der Waals surface area contributed by atoms with Gasteiger partial charge in [-0.25, -0.2) is 0 Å². The molecule has 2 aromatic heterocycles. The first-order chi connectivity index (χ1) is 12.8. The quantitative estimate of drug-likeness (QED) is 0.910. The third-order valence-corrected chi connectivity index (χ3v) is 6.30. The van der Waals surface area contributed by atoms with Crippen molar-refractivity contribution < 1.29 is 0 Å². The molecule has 5 rings (SSSR count). The van der Waals surface area contributed by atoms with E-state index in [1.807, 2.05) is 12.3 Å². The van der Waals surface area contributed by atoms with Crippen LogP contribution < -0.4 is 5.56 Å². The first-order valence-corrected chi connectivity index (χ1v) is 9.92. The zero-order valence-electron chi connectivity index (χ0n) is 15.2. The number of fused-ring (bicyclic) bond motifs is 4. The molecule has 2 aromatic rings. The normalized spacial score (nSPS) is 26.2. The van der Waals surface area contributed by atoms with Crippen LogP contribution >= 0.6 is 0 Å². The van der Waals surface area contributed by atoms with E-state index in [0.29, 0.717) is 11.8 Å². The molecule has 0 amide bonds. The van der Waals surface area contributed by atoms with Crippen LogP contribution in [0.5, 0.6) is 0 Å². The second kappa shape index (κ2) is 6.67. The van der Waals surface area contributed by atoms with Crippen molar-refractivity contribution in [3.05, 3.63) is 51.7 Å². The van der Waals surface area contributed by atoms with Crippen molar-refractivity contribution in [2.75, 3.05) is 26.2 Å². The average Bonchev–Trinajstić information content (AvgIpc) is 3.32. The molecule has 6 heteroatoms. The Labute approximate surface area is 153 Å². The van der Waals surface area contributed by atoms with Gasteiger partial charge in [0.15, 0.2) is 0 Å². The lowest BCUT2D eigenvalue weighted by Crippen LogP contribution is -2.47. The minimum atomic E-state index is 0.256. The highest BCUT2D eigenvalue weighted by atomic mass is 16.1. The van der Waals surface area contributed by atoms with E-state index in [9.17, 15) is 4.79 Å². The van der Waals surface area contributed by atoms with Crippen LogP contribution in [0.3, 0.4) is 0 Å². The molecule has 2 bridgehead atoms. The second-order valence-corrected chi connectivity index (χ2v) is 8.26. The molecule has 1 N–H and O–H groups in total. The molecule has 0 aromatic carbocycles. The van der Waals surface area contributed by atoms with E-state index < -0.39 is 0 Å². The molecule has 0 aliphatic carbocycles. The molecule has 3 aliphatic rings. The Balaban J connectivity index is 1.37. The Hall–Kier alpha value is -1.92. The van der Waals surface area contributed by atoms with Gasteiger partial charge in [-0.15, -0.1) is 0 Å². The van der Waals surface area contributed by atoms with Crippen LogP contribution in [-0.2, 0) is 19.6 Å². The number of aromatic amines is 1. The number of H-pyrrole nitrogens is 1. The Morgan fingerprint density at radius 1 is 1.04 bits per heavy atom. The number of piperidine rings is 1. The lowest BCUT2D eigenvalue weighted by molar-refractivity contribution is 0.113. The van der Waals surface area contributed by atoms with Gasteiger partial charge in [-0.3, -0.25) is 19.7 Å². The summed E-state index contributed by atoms with van der Waals surface area (Å²) in [5, 5.41) is 7.13. The Morgan fingerprint density at radius 3 is 2.73 bits per heavy atom. The van der Waals surface area contributed by atoms with E-state index in [1.54, 1.807) is 0 Å². The van der Waals surface area contributed by atoms with Crippen LogP contribution in [0.25, 0.3) is 0 Å². The molecule has 2 fully saturated rings. The summed E-state index contributed by atoms with van der Waals surface area (Å²) >= 11 is 0. The minimum Gasteiger partial charge on any atom is -0.312 e. The first kappa shape index (κ1) is 16.3. The first-order valence-electron chi connectivity index (χ1n) is 9.92. The van der Waals surface area contributed by atoms with Crippen molar-refractivity contribution in [1.82, 2.24) is 24.6 Å². The molecular formula is C20H27N5O. The zero-order valence-corrected chi connectivity index (χ0v) is 15.2. The number of rotatable bonds is 4. The summed E-state index contributed by atoms with van der Waals surface area (Å²) in [5.74, 6) is 1.04. The molecular weight excluding hydrogens is 326 g/mol. The molecule has 0 spiro atoms. The molecule has 5 heterocycles. The van der Waals surface area contributed by atoms with Gasteiger partial charge in [0.25, 0.3) is 5.56 Å². The van der Waals surface area contributed by atoms with E-state index in [0.717, 1.165) is 51.4 Å². The molecule has 138 valence electrons. The summed E-state index contributed by atoms with van der Waals surface area (Å²) in [4.78, 5) is 18.0. The molecule has 2 saturated heterocycles. The van der Waals surface area contributed by atoms with E-state index in [4.69, 9.17) is 0 Å². The Bertz CT molecular complexity index is 821. The van der Waals surface area contributed by atoms with Gasteiger partial charge < -0.3 is 4.57 Å². The van der Waals surface area contributed by atoms with Gasteiger partial charge in [0, 0.05) is 61.8 Å². The van der Waals surface area contributed by atoms with Gasteiger partial charge in [0.05, 0.1) is 0 Å². The van der Waals surface area contributed by atoms with E-state index in [2.05, 4.69) is 36.7 Å². The highest BCUT2D eigenvalue weighted by molar-refractivity contribution is 5.22. The van der Waals surface area contributed by atoms with Gasteiger partial charge in [-0.1, -0.05) is 6.07 Å². The van der Waals surface area contributed by atoms with Crippen molar-refractivity contribution in [3.63, 3.8) is 0 Å². The van der Waals surface area contributed by atoms with Crippen molar-refractivity contribution in [2.24, 2.45) is 5.92 Å². The SMILES string of the molecule is O=c1c(CN2CCCC2)ccc2n1C[C@H]1C[C@@H]2CN(Cc2ccn[nH]2)C1. The largest absolute Gasteiger partial charge is 0.312 e. The number of aromatic nitrogens is 3. The minimum absolute atomic E-state index is 0.256. The summed E-state index contributed by atoms with van der Waals surface area (Å²) < 4.78 is 2.10. The molecule has 26 heavy (non-hydrogen) atoms. The summed E-state index contributed by atoms with van der Waals surface area (Å²) in [6, 6.07) is 6.38. The monoisotopic (exact) mass is 353 g/mol. The van der Waals surface area contributed by atoms with E-state index >= 15 is 0 Å². The van der Waals surface area contributed by atoms with Gasteiger partial charge in [-0.2, -0.15) is 5.10 Å². The fourth-order valence-corrected chi connectivity index (χ4v) is 5.13.